The van der Waals surface area contributed by atoms with Gasteiger partial charge in [0.15, 0.2) is 0 Å². The van der Waals surface area contributed by atoms with Gasteiger partial charge in [-0.3, -0.25) is 0 Å². The van der Waals surface area contributed by atoms with E-state index in [0.717, 1.165) is 10.9 Å². The number of nitriles is 1. The topological polar surface area (TPSA) is 78.8 Å². The number of hydrogen-bond donors (Lipinski definition) is 1. The predicted octanol–water partition coefficient (Wildman–Crippen LogP) is 3.35. The highest BCUT2D eigenvalue weighted by molar-refractivity contribution is 6.02. The quantitative estimate of drug-likeness (QED) is 0.750. The van der Waals surface area contributed by atoms with Crippen molar-refractivity contribution in [3.63, 3.8) is 0 Å². The molecule has 1 unspecified atom stereocenters. The van der Waals surface area contributed by atoms with Gasteiger partial charge in [-0.1, -0.05) is 12.1 Å². The summed E-state index contributed by atoms with van der Waals surface area (Å²) >= 11 is 0. The number of H-pyrrole nitrogens is 1. The van der Waals surface area contributed by atoms with E-state index < -0.39 is 12.1 Å². The zero-order chi connectivity index (χ0) is 15.5. The Labute approximate surface area is 127 Å². The smallest absolute Gasteiger partial charge is 0.339 e. The molecule has 0 saturated heterocycles. The molecule has 5 heteroatoms. The van der Waals surface area contributed by atoms with Gasteiger partial charge in [0.05, 0.1) is 17.2 Å². The lowest BCUT2D eigenvalue weighted by Gasteiger charge is -2.14. The maximum atomic E-state index is 12.4. The highest BCUT2D eigenvalue weighted by Crippen LogP contribution is 2.22. The van der Waals surface area contributed by atoms with Crippen molar-refractivity contribution in [3.05, 3.63) is 65.5 Å². The van der Waals surface area contributed by atoms with Gasteiger partial charge >= 0.3 is 5.97 Å². The molecule has 1 N–H and O–H groups in total. The van der Waals surface area contributed by atoms with Crippen LogP contribution in [0.3, 0.4) is 0 Å². The zero-order valence-electron chi connectivity index (χ0n) is 11.9. The molecule has 5 nitrogen and oxygen atoms in total. The monoisotopic (exact) mass is 291 g/mol. The van der Waals surface area contributed by atoms with Gasteiger partial charge in [-0.05, 0) is 36.8 Å². The van der Waals surface area contributed by atoms with Gasteiger partial charge in [-0.15, -0.1) is 0 Å². The molecule has 0 aliphatic carbocycles. The molecular formula is C17H13N3O2. The van der Waals surface area contributed by atoms with Crippen LogP contribution in [0.4, 0.5) is 0 Å². The first-order valence-electron chi connectivity index (χ1n) is 6.82. The van der Waals surface area contributed by atoms with E-state index in [1.807, 2.05) is 6.07 Å². The van der Waals surface area contributed by atoms with E-state index in [2.05, 4.69) is 16.0 Å². The van der Waals surface area contributed by atoms with Crippen LogP contribution in [0.1, 0.15) is 34.5 Å². The third-order valence-corrected chi connectivity index (χ3v) is 3.45. The van der Waals surface area contributed by atoms with E-state index in [4.69, 9.17) is 10.00 Å². The Balaban J connectivity index is 1.84. The van der Waals surface area contributed by atoms with Crippen molar-refractivity contribution in [1.82, 2.24) is 9.97 Å². The minimum absolute atomic E-state index is 0.415. The second-order valence-corrected chi connectivity index (χ2v) is 4.88. The van der Waals surface area contributed by atoms with E-state index in [-0.39, 0.29) is 0 Å². The number of aromatic amines is 1. The van der Waals surface area contributed by atoms with Crippen LogP contribution in [0.5, 0.6) is 0 Å². The van der Waals surface area contributed by atoms with Crippen molar-refractivity contribution in [2.24, 2.45) is 0 Å². The second kappa shape index (κ2) is 5.70. The van der Waals surface area contributed by atoms with Crippen molar-refractivity contribution in [3.8, 4) is 6.07 Å². The maximum absolute atomic E-state index is 12.4. The summed E-state index contributed by atoms with van der Waals surface area (Å²) in [5.74, 6) is -0.415. The van der Waals surface area contributed by atoms with Crippen molar-refractivity contribution < 1.29 is 9.53 Å². The minimum Gasteiger partial charge on any atom is -0.454 e. The molecule has 0 aliphatic heterocycles. The standard InChI is InChI=1S/C17H13N3O2/c1-11(13-4-2-3-12(9-13)10-18)22-17(21)15-6-8-20-16-14(15)5-7-19-16/h2-9,11H,1H3,(H,19,20). The van der Waals surface area contributed by atoms with E-state index in [1.165, 1.54) is 0 Å². The van der Waals surface area contributed by atoms with Crippen LogP contribution in [0.15, 0.2) is 48.8 Å². The molecule has 108 valence electrons. The van der Waals surface area contributed by atoms with E-state index in [0.29, 0.717) is 16.8 Å². The summed E-state index contributed by atoms with van der Waals surface area (Å²) < 4.78 is 5.51. The van der Waals surface area contributed by atoms with E-state index >= 15 is 0 Å². The van der Waals surface area contributed by atoms with Crippen LogP contribution < -0.4 is 0 Å². The molecule has 0 radical (unpaired) electrons. The molecule has 22 heavy (non-hydrogen) atoms. The number of nitrogens with zero attached hydrogens (tertiary/aromatic N) is 2. The molecule has 0 spiro atoms. The van der Waals surface area contributed by atoms with Gasteiger partial charge in [0, 0.05) is 17.8 Å². The number of benzene rings is 1. The molecule has 1 aromatic carbocycles. The Hall–Kier alpha value is -3.13. The molecule has 1 atom stereocenters. The Bertz CT molecular complexity index is 877. The number of carbonyl (C=O) groups is 1. The lowest BCUT2D eigenvalue weighted by atomic mass is 10.1. The van der Waals surface area contributed by atoms with Crippen LogP contribution >= 0.6 is 0 Å². The van der Waals surface area contributed by atoms with Crippen molar-refractivity contribution in [1.29, 1.82) is 5.26 Å². The number of nitrogens with one attached hydrogen (secondary N) is 1. The summed E-state index contributed by atoms with van der Waals surface area (Å²) in [4.78, 5) is 19.5. The lowest BCUT2D eigenvalue weighted by molar-refractivity contribution is 0.0340. The number of hydrogen-bond acceptors (Lipinski definition) is 4. The molecule has 3 aromatic rings. The lowest BCUT2D eigenvalue weighted by Crippen LogP contribution is -2.10. The largest absolute Gasteiger partial charge is 0.454 e. The second-order valence-electron chi connectivity index (χ2n) is 4.88. The van der Waals surface area contributed by atoms with Gasteiger partial charge in [-0.25, -0.2) is 9.78 Å². The van der Waals surface area contributed by atoms with E-state index in [1.54, 1.807) is 49.6 Å². The molecule has 2 aromatic heterocycles. The Morgan fingerprint density at radius 2 is 2.23 bits per heavy atom. The number of fused-ring (bicyclic) bond motifs is 1. The summed E-state index contributed by atoms with van der Waals surface area (Å²) in [5, 5.41) is 9.66. The molecular weight excluding hydrogens is 278 g/mol. The average molecular weight is 291 g/mol. The zero-order valence-corrected chi connectivity index (χ0v) is 11.9. The highest BCUT2D eigenvalue weighted by Gasteiger charge is 2.17. The first-order valence-corrected chi connectivity index (χ1v) is 6.82. The van der Waals surface area contributed by atoms with Gasteiger partial charge in [-0.2, -0.15) is 5.26 Å². The molecule has 0 amide bonds. The number of rotatable bonds is 3. The summed E-state index contributed by atoms with van der Waals surface area (Å²) in [6.07, 6.45) is 2.85. The number of ether oxygens (including phenoxy) is 1. The first kappa shape index (κ1) is 13.8. The van der Waals surface area contributed by atoms with Crippen molar-refractivity contribution >= 4 is 17.0 Å². The fourth-order valence-electron chi connectivity index (χ4n) is 2.29. The number of carbonyl (C=O) groups excluding carboxylic acids is 1. The normalized spacial score (nSPS) is 11.8. The molecule has 0 saturated carbocycles. The summed E-state index contributed by atoms with van der Waals surface area (Å²) in [7, 11) is 0. The first-order chi connectivity index (χ1) is 10.7. The third-order valence-electron chi connectivity index (χ3n) is 3.45. The minimum atomic E-state index is -0.442. The van der Waals surface area contributed by atoms with Crippen LogP contribution in [0.2, 0.25) is 0 Å². The molecule has 0 aliphatic rings. The van der Waals surface area contributed by atoms with Crippen molar-refractivity contribution in [2.45, 2.75) is 13.0 Å². The summed E-state index contributed by atoms with van der Waals surface area (Å²) in [5.41, 5.74) is 2.44. The SMILES string of the molecule is CC(OC(=O)c1ccnc2[nH]ccc12)c1cccc(C#N)c1. The number of pyridine rings is 1. The third kappa shape index (κ3) is 2.54. The van der Waals surface area contributed by atoms with Crippen LogP contribution in [-0.2, 0) is 4.74 Å². The van der Waals surface area contributed by atoms with Gasteiger partial charge in [0.1, 0.15) is 11.8 Å². The highest BCUT2D eigenvalue weighted by atomic mass is 16.5. The fraction of sp³-hybridized carbons (Fsp3) is 0.118. The molecule has 2 heterocycles. The predicted molar refractivity (Wildman–Crippen MR) is 81.1 cm³/mol. The van der Waals surface area contributed by atoms with Crippen LogP contribution in [0, 0.1) is 11.3 Å². The summed E-state index contributed by atoms with van der Waals surface area (Å²) in [6.45, 7) is 1.78. The van der Waals surface area contributed by atoms with Gasteiger partial charge < -0.3 is 9.72 Å². The van der Waals surface area contributed by atoms with Crippen molar-refractivity contribution in [2.75, 3.05) is 0 Å². The Morgan fingerprint density at radius 1 is 1.36 bits per heavy atom. The number of aromatic nitrogens is 2. The fourth-order valence-corrected chi connectivity index (χ4v) is 2.29. The molecule has 3 rings (SSSR count). The average Bonchev–Trinajstić information content (AvgIpc) is 3.03. The van der Waals surface area contributed by atoms with Gasteiger partial charge in [0.25, 0.3) is 0 Å². The molecule has 0 fully saturated rings. The molecule has 0 bridgehead atoms. The van der Waals surface area contributed by atoms with Crippen LogP contribution in [0.25, 0.3) is 11.0 Å². The summed E-state index contributed by atoms with van der Waals surface area (Å²) in [6, 6.07) is 12.5. The van der Waals surface area contributed by atoms with E-state index in [9.17, 15) is 4.79 Å². The maximum Gasteiger partial charge on any atom is 0.339 e. The van der Waals surface area contributed by atoms with Gasteiger partial charge in [0.2, 0.25) is 0 Å². The number of esters is 1. The Kier molecular flexibility index (Phi) is 3.58. The Morgan fingerprint density at radius 3 is 3.05 bits per heavy atom. The van der Waals surface area contributed by atoms with Crippen LogP contribution in [-0.4, -0.2) is 15.9 Å².